The molecule has 5 rings (SSSR count). The molecule has 7 nitrogen and oxygen atoms in total. The molecule has 0 atom stereocenters. The molecular formula is C26H30N6O. The highest BCUT2D eigenvalue weighted by Gasteiger charge is 2.22. The average molecular weight is 443 g/mol. The largest absolute Gasteiger partial charge is 0.370 e. The average Bonchev–Trinajstić information content (AvgIpc) is 3.49. The van der Waals surface area contributed by atoms with E-state index in [9.17, 15) is 5.11 Å². The van der Waals surface area contributed by atoms with Crippen LogP contribution in [0, 0.1) is 5.92 Å². The Morgan fingerprint density at radius 3 is 2.73 bits per heavy atom. The van der Waals surface area contributed by atoms with Gasteiger partial charge in [0, 0.05) is 41.4 Å². The Balaban J connectivity index is 1.33. The van der Waals surface area contributed by atoms with Gasteiger partial charge in [0.05, 0.1) is 17.6 Å². The number of benzene rings is 1. The minimum Gasteiger partial charge on any atom is -0.370 e. The van der Waals surface area contributed by atoms with Crippen LogP contribution in [0.1, 0.15) is 33.1 Å². The lowest BCUT2D eigenvalue weighted by Gasteiger charge is -2.22. The number of piperidine rings is 1. The molecule has 0 aliphatic carbocycles. The molecule has 170 valence electrons. The second-order valence-corrected chi connectivity index (χ2v) is 9.32. The first kappa shape index (κ1) is 21.6. The van der Waals surface area contributed by atoms with Crippen molar-refractivity contribution in [3.05, 3.63) is 66.9 Å². The Labute approximate surface area is 194 Å². The zero-order valence-corrected chi connectivity index (χ0v) is 19.2. The SMILES string of the molecule is C=C(Nc1cc2cc(-c3cnn(C(C)(C)O)c3)ccc2cn1)C1=CCC(C2CCNCC2)=N1. The summed E-state index contributed by atoms with van der Waals surface area (Å²) in [6.45, 7) is 9.76. The van der Waals surface area contributed by atoms with Crippen molar-refractivity contribution in [2.75, 3.05) is 18.4 Å². The summed E-state index contributed by atoms with van der Waals surface area (Å²) in [5.74, 6) is 1.31. The van der Waals surface area contributed by atoms with Gasteiger partial charge in [0.15, 0.2) is 5.72 Å². The number of hydrogen-bond donors (Lipinski definition) is 3. The van der Waals surface area contributed by atoms with Gasteiger partial charge in [0.2, 0.25) is 0 Å². The predicted molar refractivity (Wildman–Crippen MR) is 133 cm³/mol. The second-order valence-electron chi connectivity index (χ2n) is 9.32. The number of rotatable bonds is 6. The van der Waals surface area contributed by atoms with Gasteiger partial charge in [-0.2, -0.15) is 5.10 Å². The first-order valence-corrected chi connectivity index (χ1v) is 11.5. The van der Waals surface area contributed by atoms with Crippen molar-refractivity contribution in [3.8, 4) is 11.1 Å². The number of allylic oxidation sites excluding steroid dienone is 1. The van der Waals surface area contributed by atoms with E-state index >= 15 is 0 Å². The summed E-state index contributed by atoms with van der Waals surface area (Å²) in [4.78, 5) is 9.44. The van der Waals surface area contributed by atoms with Gasteiger partial charge in [0.1, 0.15) is 5.82 Å². The quantitative estimate of drug-likeness (QED) is 0.525. The molecule has 33 heavy (non-hydrogen) atoms. The highest BCUT2D eigenvalue weighted by atomic mass is 16.3. The molecular weight excluding hydrogens is 412 g/mol. The molecule has 2 aliphatic rings. The van der Waals surface area contributed by atoms with Crippen molar-refractivity contribution in [3.63, 3.8) is 0 Å². The van der Waals surface area contributed by atoms with Gasteiger partial charge < -0.3 is 15.7 Å². The number of pyridine rings is 1. The van der Waals surface area contributed by atoms with Crippen molar-refractivity contribution in [1.29, 1.82) is 0 Å². The van der Waals surface area contributed by atoms with E-state index in [0.717, 1.165) is 71.5 Å². The van der Waals surface area contributed by atoms with Crippen LogP contribution in [0.25, 0.3) is 21.9 Å². The normalized spacial score (nSPS) is 17.2. The Kier molecular flexibility index (Phi) is 5.60. The van der Waals surface area contributed by atoms with Crippen molar-refractivity contribution in [2.45, 2.75) is 38.8 Å². The van der Waals surface area contributed by atoms with E-state index in [2.05, 4.69) is 39.4 Å². The van der Waals surface area contributed by atoms with Crippen LogP contribution in [0.2, 0.25) is 0 Å². The fraction of sp³-hybridized carbons (Fsp3) is 0.346. The fourth-order valence-corrected chi connectivity index (χ4v) is 4.43. The van der Waals surface area contributed by atoms with Crippen molar-refractivity contribution >= 4 is 22.3 Å². The molecule has 7 heteroatoms. The topological polar surface area (TPSA) is 87.4 Å². The van der Waals surface area contributed by atoms with Crippen molar-refractivity contribution < 1.29 is 5.11 Å². The summed E-state index contributed by atoms with van der Waals surface area (Å²) >= 11 is 0. The van der Waals surface area contributed by atoms with E-state index in [4.69, 9.17) is 4.99 Å². The van der Waals surface area contributed by atoms with Crippen LogP contribution < -0.4 is 10.6 Å². The predicted octanol–water partition coefficient (Wildman–Crippen LogP) is 4.44. The van der Waals surface area contributed by atoms with Crippen molar-refractivity contribution in [2.24, 2.45) is 10.9 Å². The lowest BCUT2D eigenvalue weighted by atomic mass is 9.92. The molecule has 3 aromatic rings. The number of fused-ring (bicyclic) bond motifs is 1. The van der Waals surface area contributed by atoms with E-state index in [1.54, 1.807) is 24.7 Å². The molecule has 4 heterocycles. The summed E-state index contributed by atoms with van der Waals surface area (Å²) < 4.78 is 1.56. The summed E-state index contributed by atoms with van der Waals surface area (Å²) in [5.41, 5.74) is 3.90. The van der Waals surface area contributed by atoms with E-state index < -0.39 is 5.72 Å². The second kappa shape index (κ2) is 8.57. The Morgan fingerprint density at radius 2 is 1.97 bits per heavy atom. The molecule has 1 fully saturated rings. The summed E-state index contributed by atoms with van der Waals surface area (Å²) in [7, 11) is 0. The fourth-order valence-electron chi connectivity index (χ4n) is 4.43. The number of anilines is 1. The van der Waals surface area contributed by atoms with Crippen LogP contribution >= 0.6 is 0 Å². The van der Waals surface area contributed by atoms with Crippen LogP contribution in [0.5, 0.6) is 0 Å². The first-order chi connectivity index (χ1) is 15.9. The molecule has 1 aromatic carbocycles. The highest BCUT2D eigenvalue weighted by Crippen LogP contribution is 2.29. The number of nitrogens with one attached hydrogen (secondary N) is 2. The number of aromatic nitrogens is 3. The van der Waals surface area contributed by atoms with E-state index in [1.807, 2.05) is 30.6 Å². The summed E-state index contributed by atoms with van der Waals surface area (Å²) in [6, 6.07) is 8.23. The third-order valence-electron chi connectivity index (χ3n) is 6.37. The van der Waals surface area contributed by atoms with Gasteiger partial charge >= 0.3 is 0 Å². The molecule has 0 amide bonds. The van der Waals surface area contributed by atoms with Crippen LogP contribution in [0.4, 0.5) is 5.82 Å². The van der Waals surface area contributed by atoms with Crippen LogP contribution in [-0.2, 0) is 5.72 Å². The van der Waals surface area contributed by atoms with E-state index in [-0.39, 0.29) is 0 Å². The molecule has 1 saturated heterocycles. The number of nitrogens with zero attached hydrogens (tertiary/aromatic N) is 4. The number of aliphatic hydroxyl groups is 1. The van der Waals surface area contributed by atoms with Crippen molar-refractivity contribution in [1.82, 2.24) is 20.1 Å². The lowest BCUT2D eigenvalue weighted by molar-refractivity contribution is -0.0103. The van der Waals surface area contributed by atoms with Crippen LogP contribution in [0.3, 0.4) is 0 Å². The zero-order valence-electron chi connectivity index (χ0n) is 19.2. The Bertz CT molecular complexity index is 1260. The standard InChI is InChI=1S/C26H30N6O/c1-17(23-6-7-24(31-23)18-8-10-27-11-9-18)30-25-13-21-12-19(4-5-20(21)14-28-25)22-15-29-32(16-22)26(2,3)33/h4-6,12-16,18,27,33H,1,7-11H2,2-3H3,(H,28,30). The van der Waals surface area contributed by atoms with Crippen LogP contribution in [-0.4, -0.2) is 38.7 Å². The molecule has 3 N–H and O–H groups in total. The van der Waals surface area contributed by atoms with E-state index in [0.29, 0.717) is 5.92 Å². The number of hydrogen-bond acceptors (Lipinski definition) is 6. The third-order valence-corrected chi connectivity index (χ3v) is 6.37. The number of aliphatic imine (C=N–C) groups is 1. The molecule has 0 radical (unpaired) electrons. The van der Waals surface area contributed by atoms with Crippen LogP contribution in [0.15, 0.2) is 71.9 Å². The lowest BCUT2D eigenvalue weighted by Crippen LogP contribution is -2.31. The molecule has 2 aliphatic heterocycles. The maximum Gasteiger partial charge on any atom is 0.152 e. The van der Waals surface area contributed by atoms with Gasteiger partial charge in [-0.1, -0.05) is 24.8 Å². The van der Waals surface area contributed by atoms with Gasteiger partial charge in [0.25, 0.3) is 0 Å². The summed E-state index contributed by atoms with van der Waals surface area (Å²) in [6.07, 6.45) is 10.9. The minimum atomic E-state index is -1.04. The summed E-state index contributed by atoms with van der Waals surface area (Å²) in [5, 5.41) is 23.3. The highest BCUT2D eigenvalue weighted by molar-refractivity contribution is 5.92. The zero-order chi connectivity index (χ0) is 23.0. The molecule has 2 aromatic heterocycles. The molecule has 0 saturated carbocycles. The van der Waals surface area contributed by atoms with Gasteiger partial charge in [-0.25, -0.2) is 9.67 Å². The monoisotopic (exact) mass is 442 g/mol. The Hall–Kier alpha value is -3.29. The first-order valence-electron chi connectivity index (χ1n) is 11.5. The minimum absolute atomic E-state index is 0.575. The molecule has 0 unspecified atom stereocenters. The van der Waals surface area contributed by atoms with Gasteiger partial charge in [-0.05, 0) is 62.9 Å². The maximum atomic E-state index is 10.2. The molecule has 0 bridgehead atoms. The molecule has 0 spiro atoms. The van der Waals surface area contributed by atoms with Gasteiger partial charge in [-0.15, -0.1) is 0 Å². The Morgan fingerprint density at radius 1 is 1.15 bits per heavy atom. The third kappa shape index (κ3) is 4.60. The van der Waals surface area contributed by atoms with Gasteiger partial charge in [-0.3, -0.25) is 4.99 Å². The van der Waals surface area contributed by atoms with E-state index in [1.165, 1.54) is 5.71 Å². The maximum absolute atomic E-state index is 10.2. The smallest absolute Gasteiger partial charge is 0.152 e.